The van der Waals surface area contributed by atoms with Crippen LogP contribution < -0.4 is 0 Å². The van der Waals surface area contributed by atoms with Crippen LogP contribution in [0.2, 0.25) is 0 Å². The molecule has 0 spiro atoms. The van der Waals surface area contributed by atoms with Crippen LogP contribution in [0.1, 0.15) is 0 Å². The molecule has 1 saturated heterocycles. The SMILES string of the molecule is c1ccc(N=C2SCCN2C2=NCCS2)nc1. The van der Waals surface area contributed by atoms with Crippen LogP contribution in [0, 0.1) is 0 Å². The van der Waals surface area contributed by atoms with Gasteiger partial charge in [0.1, 0.15) is 0 Å². The van der Waals surface area contributed by atoms with Crippen LogP contribution in [0.3, 0.4) is 0 Å². The Balaban J connectivity index is 1.84. The van der Waals surface area contributed by atoms with Gasteiger partial charge in [0.05, 0.1) is 6.54 Å². The van der Waals surface area contributed by atoms with Gasteiger partial charge in [-0.3, -0.25) is 9.89 Å². The Bertz CT molecular complexity index is 458. The van der Waals surface area contributed by atoms with Crippen LogP contribution in [0.15, 0.2) is 34.4 Å². The maximum absolute atomic E-state index is 4.58. The molecule has 0 unspecified atom stereocenters. The van der Waals surface area contributed by atoms with Crippen molar-refractivity contribution >= 4 is 39.7 Å². The highest BCUT2D eigenvalue weighted by Gasteiger charge is 2.26. The Morgan fingerprint density at radius 3 is 3.00 bits per heavy atom. The van der Waals surface area contributed by atoms with Gasteiger partial charge >= 0.3 is 0 Å². The minimum Gasteiger partial charge on any atom is -0.299 e. The first kappa shape index (κ1) is 11.1. The van der Waals surface area contributed by atoms with Crippen LogP contribution in [0.5, 0.6) is 0 Å². The molecular formula is C11H12N4S2. The summed E-state index contributed by atoms with van der Waals surface area (Å²) < 4.78 is 0. The van der Waals surface area contributed by atoms with Crippen LogP contribution in [0.25, 0.3) is 0 Å². The van der Waals surface area contributed by atoms with E-state index in [1.54, 1.807) is 18.0 Å². The molecule has 0 radical (unpaired) electrons. The van der Waals surface area contributed by atoms with Gasteiger partial charge in [0.2, 0.25) is 0 Å². The van der Waals surface area contributed by atoms with Crippen molar-refractivity contribution in [3.63, 3.8) is 0 Å². The van der Waals surface area contributed by atoms with Crippen molar-refractivity contribution < 1.29 is 0 Å². The average molecular weight is 264 g/mol. The minimum absolute atomic E-state index is 0.769. The number of hydrogen-bond acceptors (Lipinski definition) is 5. The molecule has 3 heterocycles. The first-order valence-electron chi connectivity index (χ1n) is 5.51. The molecule has 1 aromatic heterocycles. The molecule has 3 rings (SSSR count). The third kappa shape index (κ3) is 2.47. The largest absolute Gasteiger partial charge is 0.299 e. The van der Waals surface area contributed by atoms with Crippen molar-refractivity contribution in [2.45, 2.75) is 0 Å². The standard InChI is InChI=1S/C11H12N4S2/c1-2-4-12-9(3-1)14-11-15(6-8-17-11)10-13-5-7-16-10/h1-4H,5-8H2. The number of rotatable bonds is 1. The number of amidine groups is 2. The van der Waals surface area contributed by atoms with Gasteiger partial charge < -0.3 is 0 Å². The zero-order valence-corrected chi connectivity index (χ0v) is 10.9. The van der Waals surface area contributed by atoms with Crippen molar-refractivity contribution in [3.8, 4) is 0 Å². The number of pyridine rings is 1. The van der Waals surface area contributed by atoms with Gasteiger partial charge in [-0.25, -0.2) is 9.98 Å². The summed E-state index contributed by atoms with van der Waals surface area (Å²) in [5, 5.41) is 2.14. The predicted molar refractivity (Wildman–Crippen MR) is 75.3 cm³/mol. The Hall–Kier alpha value is -1.01. The summed E-state index contributed by atoms with van der Waals surface area (Å²) in [4.78, 5) is 15.5. The number of thioether (sulfide) groups is 2. The Labute approximate surface area is 109 Å². The lowest BCUT2D eigenvalue weighted by atomic mass is 10.5. The zero-order valence-electron chi connectivity index (χ0n) is 9.24. The lowest BCUT2D eigenvalue weighted by molar-refractivity contribution is 0.688. The molecule has 2 aliphatic rings. The molecule has 17 heavy (non-hydrogen) atoms. The van der Waals surface area contributed by atoms with E-state index in [0.29, 0.717) is 0 Å². The lowest BCUT2D eigenvalue weighted by Crippen LogP contribution is -2.28. The van der Waals surface area contributed by atoms with Gasteiger partial charge in [0.25, 0.3) is 0 Å². The maximum atomic E-state index is 4.58. The molecule has 0 amide bonds. The lowest BCUT2D eigenvalue weighted by Gasteiger charge is -2.16. The summed E-state index contributed by atoms with van der Waals surface area (Å²) in [6, 6.07) is 5.78. The smallest absolute Gasteiger partial charge is 0.172 e. The Morgan fingerprint density at radius 1 is 1.24 bits per heavy atom. The third-order valence-corrected chi connectivity index (χ3v) is 4.39. The number of nitrogens with zero attached hydrogens (tertiary/aromatic N) is 4. The summed E-state index contributed by atoms with van der Waals surface area (Å²) >= 11 is 3.59. The summed E-state index contributed by atoms with van der Waals surface area (Å²) in [6.07, 6.45) is 1.77. The molecule has 0 bridgehead atoms. The van der Waals surface area contributed by atoms with Crippen molar-refractivity contribution in [2.24, 2.45) is 9.98 Å². The van der Waals surface area contributed by atoms with E-state index in [1.807, 2.05) is 30.0 Å². The predicted octanol–water partition coefficient (Wildman–Crippen LogP) is 2.22. The fourth-order valence-electron chi connectivity index (χ4n) is 1.68. The van der Waals surface area contributed by atoms with Gasteiger partial charge in [-0.2, -0.15) is 0 Å². The van der Waals surface area contributed by atoms with Crippen LogP contribution >= 0.6 is 23.5 Å². The first-order chi connectivity index (χ1) is 8.43. The molecule has 1 fully saturated rings. The molecule has 0 atom stereocenters. The second-order valence-corrected chi connectivity index (χ2v) is 5.72. The number of aliphatic imine (C=N–C) groups is 2. The summed E-state index contributed by atoms with van der Waals surface area (Å²) in [7, 11) is 0. The van der Waals surface area contributed by atoms with E-state index < -0.39 is 0 Å². The number of hydrogen-bond donors (Lipinski definition) is 0. The highest BCUT2D eigenvalue weighted by atomic mass is 32.2. The van der Waals surface area contributed by atoms with Crippen LogP contribution in [-0.2, 0) is 0 Å². The van der Waals surface area contributed by atoms with E-state index in [4.69, 9.17) is 0 Å². The van der Waals surface area contributed by atoms with Crippen molar-refractivity contribution in [1.29, 1.82) is 0 Å². The van der Waals surface area contributed by atoms with Gasteiger partial charge in [-0.15, -0.1) is 0 Å². The fraction of sp³-hybridized carbons (Fsp3) is 0.364. The molecule has 88 valence electrons. The molecule has 1 aromatic rings. The highest BCUT2D eigenvalue weighted by Crippen LogP contribution is 2.26. The van der Waals surface area contributed by atoms with Crippen molar-refractivity contribution in [3.05, 3.63) is 24.4 Å². The topological polar surface area (TPSA) is 40.9 Å². The molecule has 2 aliphatic heterocycles. The summed E-state index contributed by atoms with van der Waals surface area (Å²) in [5.41, 5.74) is 0. The second kappa shape index (κ2) is 5.10. The molecule has 4 nitrogen and oxygen atoms in total. The van der Waals surface area contributed by atoms with Crippen LogP contribution in [0.4, 0.5) is 5.82 Å². The van der Waals surface area contributed by atoms with Crippen molar-refractivity contribution in [2.75, 3.05) is 24.6 Å². The molecule has 0 aromatic carbocycles. The zero-order chi connectivity index (χ0) is 11.5. The van der Waals surface area contributed by atoms with Crippen molar-refractivity contribution in [1.82, 2.24) is 9.88 Å². The highest BCUT2D eigenvalue weighted by molar-refractivity contribution is 8.16. The Kier molecular flexibility index (Phi) is 3.33. The monoisotopic (exact) mass is 264 g/mol. The van der Waals surface area contributed by atoms with E-state index in [2.05, 4.69) is 19.9 Å². The van der Waals surface area contributed by atoms with E-state index in [1.165, 1.54) is 0 Å². The first-order valence-corrected chi connectivity index (χ1v) is 7.48. The van der Waals surface area contributed by atoms with Gasteiger partial charge in [0, 0.05) is 24.2 Å². The molecular weight excluding hydrogens is 252 g/mol. The molecule has 0 saturated carbocycles. The molecule has 6 heteroatoms. The van der Waals surface area contributed by atoms with Gasteiger partial charge in [-0.05, 0) is 12.1 Å². The minimum atomic E-state index is 0.769. The van der Waals surface area contributed by atoms with E-state index in [-0.39, 0.29) is 0 Å². The second-order valence-electron chi connectivity index (χ2n) is 3.60. The fourth-order valence-corrected chi connectivity index (χ4v) is 3.56. The van der Waals surface area contributed by atoms with Gasteiger partial charge in [0.15, 0.2) is 16.2 Å². The molecule has 0 N–H and O–H groups in total. The maximum Gasteiger partial charge on any atom is 0.172 e. The quantitative estimate of drug-likeness (QED) is 0.780. The normalized spacial score (nSPS) is 22.2. The third-order valence-electron chi connectivity index (χ3n) is 2.44. The van der Waals surface area contributed by atoms with E-state index in [0.717, 1.165) is 40.7 Å². The Morgan fingerprint density at radius 2 is 2.24 bits per heavy atom. The summed E-state index contributed by atoms with van der Waals surface area (Å²) in [5.74, 6) is 2.93. The van der Waals surface area contributed by atoms with Crippen LogP contribution in [-0.4, -0.2) is 44.8 Å². The average Bonchev–Trinajstić information content (AvgIpc) is 3.00. The van der Waals surface area contributed by atoms with Gasteiger partial charge in [-0.1, -0.05) is 29.6 Å². The molecule has 0 aliphatic carbocycles. The van der Waals surface area contributed by atoms with E-state index >= 15 is 0 Å². The number of aromatic nitrogens is 1. The summed E-state index contributed by atoms with van der Waals surface area (Å²) in [6.45, 7) is 1.93. The van der Waals surface area contributed by atoms with E-state index in [9.17, 15) is 0 Å².